The average Bonchev–Trinajstić information content (AvgIpc) is 3.24. The highest BCUT2D eigenvalue weighted by Crippen LogP contribution is 2.27. The van der Waals surface area contributed by atoms with Crippen molar-refractivity contribution < 1.29 is 14.5 Å². The molecule has 4 N–H and O–H groups in total. The van der Waals surface area contributed by atoms with Crippen LogP contribution >= 0.6 is 0 Å². The van der Waals surface area contributed by atoms with E-state index in [2.05, 4.69) is 26.3 Å². The minimum atomic E-state index is -0.778. The lowest BCUT2D eigenvalue weighted by molar-refractivity contribution is -0.648. The van der Waals surface area contributed by atoms with Crippen molar-refractivity contribution in [3.05, 3.63) is 38.5 Å². The molecular weight excluding hydrogens is 410 g/mol. The fourth-order valence-corrected chi connectivity index (χ4v) is 4.57. The summed E-state index contributed by atoms with van der Waals surface area (Å²) in [7, 11) is 0. The molecule has 0 unspecified atom stereocenters. The minimum Gasteiger partial charge on any atom is -0.481 e. The second-order valence-corrected chi connectivity index (χ2v) is 8.71. The normalized spacial score (nSPS) is 14.4. The molecule has 32 heavy (non-hydrogen) atoms. The molecule has 1 saturated carbocycles. The van der Waals surface area contributed by atoms with Crippen molar-refractivity contribution in [3.63, 3.8) is 0 Å². The summed E-state index contributed by atoms with van der Waals surface area (Å²) < 4.78 is 1.96. The molecule has 2 heterocycles. The number of unbranched alkanes of at least 4 members (excludes halogenated alkanes) is 3. The summed E-state index contributed by atoms with van der Waals surface area (Å²) in [6.07, 6.45) is 8.09. The van der Waals surface area contributed by atoms with Crippen molar-refractivity contribution in [1.29, 1.82) is 0 Å². The quantitative estimate of drug-likeness (QED) is 0.230. The van der Waals surface area contributed by atoms with E-state index in [4.69, 9.17) is 5.11 Å². The Bertz CT molecular complexity index is 1260. The molecule has 1 aromatic carbocycles. The molecule has 4 rings (SSSR count). The van der Waals surface area contributed by atoms with Crippen LogP contribution < -0.4 is 21.1 Å². The van der Waals surface area contributed by atoms with Crippen LogP contribution in [-0.4, -0.2) is 32.1 Å². The van der Waals surface area contributed by atoms with Gasteiger partial charge in [0.2, 0.25) is 5.52 Å². The highest BCUT2D eigenvalue weighted by molar-refractivity contribution is 5.83. The number of aryl methyl sites for hydroxylation is 2. The maximum Gasteiger partial charge on any atom is 0.413 e. The SMILES string of the molecule is Cc1cc2nc3c(=O)[nH]c(=O)[nH]c3[n+](CCCCCCC(=O)O)c2cc1NC1CCCC1. The first kappa shape index (κ1) is 22.0. The van der Waals surface area contributed by atoms with Gasteiger partial charge in [-0.25, -0.2) is 14.3 Å². The van der Waals surface area contributed by atoms with Gasteiger partial charge in [-0.05, 0) is 50.7 Å². The third-order valence-corrected chi connectivity index (χ3v) is 6.25. The van der Waals surface area contributed by atoms with Crippen LogP contribution in [0.2, 0.25) is 0 Å². The van der Waals surface area contributed by atoms with Crippen molar-refractivity contribution in [3.8, 4) is 0 Å². The summed E-state index contributed by atoms with van der Waals surface area (Å²) in [4.78, 5) is 44.7. The van der Waals surface area contributed by atoms with E-state index in [-0.39, 0.29) is 11.9 Å². The molecule has 0 spiro atoms. The molecule has 1 fully saturated rings. The van der Waals surface area contributed by atoms with Gasteiger partial charge >= 0.3 is 17.3 Å². The van der Waals surface area contributed by atoms with Gasteiger partial charge in [0, 0.05) is 24.2 Å². The lowest BCUT2D eigenvalue weighted by Crippen LogP contribution is -2.40. The van der Waals surface area contributed by atoms with Gasteiger partial charge in [0.25, 0.3) is 5.56 Å². The van der Waals surface area contributed by atoms with Gasteiger partial charge in [0.1, 0.15) is 5.52 Å². The number of fused-ring (bicyclic) bond motifs is 2. The first-order chi connectivity index (χ1) is 15.4. The van der Waals surface area contributed by atoms with Crippen molar-refractivity contribution in [2.24, 2.45) is 0 Å². The molecule has 9 nitrogen and oxygen atoms in total. The maximum atomic E-state index is 12.4. The van der Waals surface area contributed by atoms with Crippen LogP contribution in [0, 0.1) is 6.92 Å². The van der Waals surface area contributed by atoms with Crippen LogP contribution in [0.3, 0.4) is 0 Å². The van der Waals surface area contributed by atoms with Crippen molar-refractivity contribution in [1.82, 2.24) is 15.0 Å². The number of carbonyl (C=O) groups is 1. The largest absolute Gasteiger partial charge is 0.481 e. The molecule has 1 aliphatic rings. The number of aromatic nitrogens is 4. The number of hydrogen-bond acceptors (Lipinski definition) is 5. The molecule has 2 aromatic heterocycles. The minimum absolute atomic E-state index is 0.173. The van der Waals surface area contributed by atoms with E-state index >= 15 is 0 Å². The Hall–Kier alpha value is -3.23. The van der Waals surface area contributed by atoms with Gasteiger partial charge in [0.05, 0.1) is 6.54 Å². The maximum absolute atomic E-state index is 12.4. The lowest BCUT2D eigenvalue weighted by atomic mass is 10.1. The summed E-state index contributed by atoms with van der Waals surface area (Å²) in [5, 5.41) is 12.5. The Labute approximate surface area is 184 Å². The summed E-state index contributed by atoms with van der Waals surface area (Å²) in [5.74, 6) is -0.778. The van der Waals surface area contributed by atoms with E-state index in [1.165, 1.54) is 12.8 Å². The summed E-state index contributed by atoms with van der Waals surface area (Å²) in [5.41, 5.74) is 3.23. The molecule has 3 aromatic rings. The predicted octanol–water partition coefficient (Wildman–Crippen LogP) is 2.75. The van der Waals surface area contributed by atoms with Crippen molar-refractivity contribution >= 4 is 33.9 Å². The van der Waals surface area contributed by atoms with Gasteiger partial charge in [-0.1, -0.05) is 19.3 Å². The topological polar surface area (TPSA) is 132 Å². The molecule has 170 valence electrons. The second kappa shape index (κ2) is 9.50. The highest BCUT2D eigenvalue weighted by Gasteiger charge is 2.21. The Morgan fingerprint density at radius 3 is 2.66 bits per heavy atom. The first-order valence-corrected chi connectivity index (χ1v) is 11.4. The van der Waals surface area contributed by atoms with Gasteiger partial charge < -0.3 is 10.4 Å². The Morgan fingerprint density at radius 1 is 1.16 bits per heavy atom. The number of aliphatic carboxylic acids is 1. The number of aromatic amines is 2. The highest BCUT2D eigenvalue weighted by atomic mass is 16.4. The third kappa shape index (κ3) is 4.81. The van der Waals surface area contributed by atoms with Crippen LogP contribution in [0.4, 0.5) is 5.69 Å². The zero-order valence-corrected chi connectivity index (χ0v) is 18.4. The van der Waals surface area contributed by atoms with E-state index in [1.807, 2.05) is 17.6 Å². The fraction of sp³-hybridized carbons (Fsp3) is 0.522. The van der Waals surface area contributed by atoms with Gasteiger partial charge in [-0.2, -0.15) is 4.98 Å². The standard InChI is InChI=1S/C23H29N5O4/c1-14-12-17-18(13-16(14)24-15-8-5-6-9-15)28(11-7-3-2-4-10-19(29)30)21-20(25-17)22(31)27-23(32)26-21/h12-13,15H,2-11H2,1H3,(H3,24,26,27,29,30,31,32)/p+1. The molecule has 0 aliphatic heterocycles. The Morgan fingerprint density at radius 2 is 1.91 bits per heavy atom. The zero-order chi connectivity index (χ0) is 22.7. The number of carboxylic acid groups (broad SMARTS) is 1. The van der Waals surface area contributed by atoms with Gasteiger partial charge in [0.15, 0.2) is 5.52 Å². The Kier molecular flexibility index (Phi) is 6.53. The number of nitrogens with one attached hydrogen (secondary N) is 3. The number of carboxylic acids is 1. The van der Waals surface area contributed by atoms with Gasteiger partial charge in [-0.15, -0.1) is 0 Å². The molecule has 1 aliphatic carbocycles. The molecule has 0 saturated heterocycles. The summed E-state index contributed by atoms with van der Waals surface area (Å²) in [6, 6.07) is 4.52. The molecule has 0 radical (unpaired) electrons. The van der Waals surface area contributed by atoms with Crippen LogP contribution in [0.5, 0.6) is 0 Å². The van der Waals surface area contributed by atoms with E-state index < -0.39 is 17.2 Å². The average molecular weight is 441 g/mol. The second-order valence-electron chi connectivity index (χ2n) is 8.71. The van der Waals surface area contributed by atoms with Crippen LogP contribution in [0.1, 0.15) is 63.4 Å². The van der Waals surface area contributed by atoms with Gasteiger partial charge in [-0.3, -0.25) is 14.6 Å². The molecular formula is C23H30N5O4+. The van der Waals surface area contributed by atoms with Crippen LogP contribution in [-0.2, 0) is 11.3 Å². The summed E-state index contributed by atoms with van der Waals surface area (Å²) >= 11 is 0. The number of H-pyrrole nitrogens is 2. The van der Waals surface area contributed by atoms with E-state index in [1.54, 1.807) is 0 Å². The fourth-order valence-electron chi connectivity index (χ4n) is 4.57. The smallest absolute Gasteiger partial charge is 0.413 e. The number of benzene rings is 1. The number of anilines is 1. The van der Waals surface area contributed by atoms with E-state index in [0.717, 1.165) is 48.9 Å². The molecule has 0 bridgehead atoms. The monoisotopic (exact) mass is 440 g/mol. The number of nitrogens with zero attached hydrogens (tertiary/aromatic N) is 2. The summed E-state index contributed by atoms with van der Waals surface area (Å²) in [6.45, 7) is 2.63. The molecule has 9 heteroatoms. The zero-order valence-electron chi connectivity index (χ0n) is 18.4. The van der Waals surface area contributed by atoms with Crippen LogP contribution in [0.15, 0.2) is 21.7 Å². The first-order valence-electron chi connectivity index (χ1n) is 11.4. The third-order valence-electron chi connectivity index (χ3n) is 6.25. The van der Waals surface area contributed by atoms with Crippen LogP contribution in [0.25, 0.3) is 22.2 Å². The van der Waals surface area contributed by atoms with E-state index in [0.29, 0.717) is 30.2 Å². The molecule has 0 amide bonds. The number of rotatable bonds is 9. The predicted molar refractivity (Wildman–Crippen MR) is 122 cm³/mol. The molecule has 0 atom stereocenters. The lowest BCUT2D eigenvalue weighted by Gasteiger charge is -2.17. The number of hydrogen-bond donors (Lipinski definition) is 4. The van der Waals surface area contributed by atoms with Crippen molar-refractivity contribution in [2.45, 2.75) is 77.3 Å². The van der Waals surface area contributed by atoms with E-state index in [9.17, 15) is 14.4 Å². The Balaban J connectivity index is 1.72. The van der Waals surface area contributed by atoms with Crippen molar-refractivity contribution in [2.75, 3.05) is 5.32 Å².